The van der Waals surface area contributed by atoms with Crippen LogP contribution >= 0.6 is 0 Å². The molecule has 1 atom stereocenters. The minimum Gasteiger partial charge on any atom is -0.393 e. The van der Waals surface area contributed by atoms with E-state index in [2.05, 4.69) is 17.1 Å². The van der Waals surface area contributed by atoms with Crippen LogP contribution in [0.5, 0.6) is 0 Å². The Morgan fingerprint density at radius 3 is 2.86 bits per heavy atom. The summed E-state index contributed by atoms with van der Waals surface area (Å²) in [6.45, 7) is 3.89. The van der Waals surface area contributed by atoms with E-state index in [1.165, 1.54) is 0 Å². The fraction of sp³-hybridized carbons (Fsp3) is 0.800. The smallest absolute Gasteiger partial charge is 0.226 e. The molecular weight excluding hydrogens is 180 g/mol. The normalized spacial score (nSPS) is 13.1. The van der Waals surface area contributed by atoms with Crippen molar-refractivity contribution >= 4 is 0 Å². The monoisotopic (exact) mass is 198 g/mol. The summed E-state index contributed by atoms with van der Waals surface area (Å²) < 4.78 is 5.04. The number of hydrogen-bond acceptors (Lipinski definition) is 4. The molecule has 0 aromatic carbocycles. The summed E-state index contributed by atoms with van der Waals surface area (Å²) in [5, 5.41) is 12.9. The molecule has 0 saturated heterocycles. The Bertz CT molecular complexity index is 258. The topological polar surface area (TPSA) is 59.2 Å². The van der Waals surface area contributed by atoms with E-state index in [9.17, 15) is 0 Å². The van der Waals surface area contributed by atoms with Crippen LogP contribution in [0.1, 0.15) is 44.8 Å². The minimum atomic E-state index is -0.305. The number of aliphatic hydroxyl groups excluding tert-OH is 1. The van der Waals surface area contributed by atoms with Crippen LogP contribution in [-0.4, -0.2) is 21.4 Å². The van der Waals surface area contributed by atoms with Crippen molar-refractivity contribution in [3.8, 4) is 0 Å². The SMILES string of the molecule is CCCCc1noc(CCC(C)O)n1. The van der Waals surface area contributed by atoms with Crippen LogP contribution in [0.4, 0.5) is 0 Å². The van der Waals surface area contributed by atoms with Gasteiger partial charge in [-0.1, -0.05) is 18.5 Å². The predicted octanol–water partition coefficient (Wildman–Crippen LogP) is 1.73. The van der Waals surface area contributed by atoms with Gasteiger partial charge in [-0.3, -0.25) is 0 Å². The Morgan fingerprint density at radius 2 is 2.21 bits per heavy atom. The van der Waals surface area contributed by atoms with Gasteiger partial charge in [-0.05, 0) is 19.8 Å². The van der Waals surface area contributed by atoms with Gasteiger partial charge in [-0.2, -0.15) is 4.98 Å². The summed E-state index contributed by atoms with van der Waals surface area (Å²) in [5.41, 5.74) is 0. The zero-order valence-electron chi connectivity index (χ0n) is 8.86. The Hall–Kier alpha value is -0.900. The molecular formula is C10H18N2O2. The van der Waals surface area contributed by atoms with Crippen molar-refractivity contribution in [3.05, 3.63) is 11.7 Å². The van der Waals surface area contributed by atoms with E-state index >= 15 is 0 Å². The van der Waals surface area contributed by atoms with Crippen molar-refractivity contribution in [2.24, 2.45) is 0 Å². The van der Waals surface area contributed by atoms with Crippen molar-refractivity contribution in [1.29, 1.82) is 0 Å². The van der Waals surface area contributed by atoms with E-state index in [1.54, 1.807) is 6.92 Å². The Balaban J connectivity index is 2.35. The van der Waals surface area contributed by atoms with E-state index in [-0.39, 0.29) is 6.10 Å². The average Bonchev–Trinajstić information content (AvgIpc) is 2.59. The highest BCUT2D eigenvalue weighted by Crippen LogP contribution is 2.05. The molecule has 4 heteroatoms. The summed E-state index contributed by atoms with van der Waals surface area (Å²) in [5.74, 6) is 1.42. The molecule has 0 amide bonds. The second-order valence-corrected chi connectivity index (χ2v) is 3.60. The molecule has 0 spiro atoms. The van der Waals surface area contributed by atoms with Gasteiger partial charge in [-0.15, -0.1) is 0 Å². The highest BCUT2D eigenvalue weighted by atomic mass is 16.5. The molecule has 1 N–H and O–H groups in total. The highest BCUT2D eigenvalue weighted by molar-refractivity contribution is 4.86. The van der Waals surface area contributed by atoms with Crippen LogP contribution in [0.25, 0.3) is 0 Å². The van der Waals surface area contributed by atoms with Gasteiger partial charge < -0.3 is 9.63 Å². The maximum atomic E-state index is 9.07. The molecule has 1 unspecified atom stereocenters. The Morgan fingerprint density at radius 1 is 1.43 bits per heavy atom. The van der Waals surface area contributed by atoms with Crippen molar-refractivity contribution in [2.45, 2.75) is 52.1 Å². The molecule has 1 rings (SSSR count). The average molecular weight is 198 g/mol. The van der Waals surface area contributed by atoms with Gasteiger partial charge in [-0.25, -0.2) is 0 Å². The lowest BCUT2D eigenvalue weighted by Gasteiger charge is -1.98. The van der Waals surface area contributed by atoms with Crippen LogP contribution in [0.3, 0.4) is 0 Å². The first-order chi connectivity index (χ1) is 6.72. The van der Waals surface area contributed by atoms with Gasteiger partial charge in [0.1, 0.15) is 0 Å². The van der Waals surface area contributed by atoms with E-state index in [4.69, 9.17) is 9.63 Å². The third-order valence-corrected chi connectivity index (χ3v) is 2.04. The maximum Gasteiger partial charge on any atom is 0.226 e. The second kappa shape index (κ2) is 5.75. The van der Waals surface area contributed by atoms with E-state index in [1.807, 2.05) is 0 Å². The molecule has 0 bridgehead atoms. The molecule has 14 heavy (non-hydrogen) atoms. The summed E-state index contributed by atoms with van der Waals surface area (Å²) in [6.07, 6.45) is 4.15. The molecule has 1 heterocycles. The molecule has 0 fully saturated rings. The Kier molecular flexibility index (Phi) is 4.59. The summed E-state index contributed by atoms with van der Waals surface area (Å²) in [6, 6.07) is 0. The van der Waals surface area contributed by atoms with Crippen LogP contribution in [0.15, 0.2) is 4.52 Å². The van der Waals surface area contributed by atoms with Crippen molar-refractivity contribution in [3.63, 3.8) is 0 Å². The largest absolute Gasteiger partial charge is 0.393 e. The molecule has 0 radical (unpaired) electrons. The van der Waals surface area contributed by atoms with Crippen LogP contribution in [-0.2, 0) is 12.8 Å². The first kappa shape index (κ1) is 11.2. The minimum absolute atomic E-state index is 0.305. The molecule has 4 nitrogen and oxygen atoms in total. The number of rotatable bonds is 6. The predicted molar refractivity (Wildman–Crippen MR) is 52.9 cm³/mol. The Labute approximate surface area is 84.3 Å². The van der Waals surface area contributed by atoms with Crippen LogP contribution < -0.4 is 0 Å². The molecule has 0 saturated carbocycles. The van der Waals surface area contributed by atoms with Gasteiger partial charge in [0.05, 0.1) is 6.10 Å². The lowest BCUT2D eigenvalue weighted by atomic mass is 10.2. The molecule has 0 aliphatic rings. The zero-order chi connectivity index (χ0) is 10.4. The van der Waals surface area contributed by atoms with Crippen LogP contribution in [0, 0.1) is 0 Å². The summed E-state index contributed by atoms with van der Waals surface area (Å²) >= 11 is 0. The van der Waals surface area contributed by atoms with Gasteiger partial charge in [0, 0.05) is 12.8 Å². The molecule has 0 aliphatic carbocycles. The van der Waals surface area contributed by atoms with Gasteiger partial charge in [0.15, 0.2) is 5.82 Å². The molecule has 80 valence electrons. The molecule has 0 aliphatic heterocycles. The van der Waals surface area contributed by atoms with E-state index < -0.39 is 0 Å². The number of nitrogens with zero attached hydrogens (tertiary/aromatic N) is 2. The van der Waals surface area contributed by atoms with Gasteiger partial charge >= 0.3 is 0 Å². The third kappa shape index (κ3) is 3.87. The quantitative estimate of drug-likeness (QED) is 0.756. The fourth-order valence-electron chi connectivity index (χ4n) is 1.16. The van der Waals surface area contributed by atoms with Gasteiger partial charge in [0.25, 0.3) is 0 Å². The maximum absolute atomic E-state index is 9.07. The second-order valence-electron chi connectivity index (χ2n) is 3.60. The van der Waals surface area contributed by atoms with E-state index in [0.29, 0.717) is 18.7 Å². The van der Waals surface area contributed by atoms with Crippen molar-refractivity contribution < 1.29 is 9.63 Å². The van der Waals surface area contributed by atoms with Crippen molar-refractivity contribution in [2.75, 3.05) is 0 Å². The van der Waals surface area contributed by atoms with Crippen LogP contribution in [0.2, 0.25) is 0 Å². The highest BCUT2D eigenvalue weighted by Gasteiger charge is 2.06. The standard InChI is InChI=1S/C10H18N2O2/c1-3-4-5-9-11-10(14-12-9)7-6-8(2)13/h8,13H,3-7H2,1-2H3. The first-order valence-electron chi connectivity index (χ1n) is 5.22. The molecule has 1 aromatic rings. The molecule has 1 aromatic heterocycles. The van der Waals surface area contributed by atoms with Gasteiger partial charge in [0.2, 0.25) is 5.89 Å². The first-order valence-corrected chi connectivity index (χ1v) is 5.22. The number of aromatic nitrogens is 2. The number of aliphatic hydroxyl groups is 1. The number of hydrogen-bond donors (Lipinski definition) is 1. The lowest BCUT2D eigenvalue weighted by Crippen LogP contribution is -2.01. The fourth-order valence-corrected chi connectivity index (χ4v) is 1.16. The van der Waals surface area contributed by atoms with E-state index in [0.717, 1.165) is 25.1 Å². The van der Waals surface area contributed by atoms with Crippen molar-refractivity contribution in [1.82, 2.24) is 10.1 Å². The number of unbranched alkanes of at least 4 members (excludes halogenated alkanes) is 1. The summed E-state index contributed by atoms with van der Waals surface area (Å²) in [7, 11) is 0. The lowest BCUT2D eigenvalue weighted by molar-refractivity contribution is 0.180. The third-order valence-electron chi connectivity index (χ3n) is 2.04. The zero-order valence-corrected chi connectivity index (χ0v) is 8.86. The summed E-state index contributed by atoms with van der Waals surface area (Å²) in [4.78, 5) is 4.23. The number of aryl methyl sites for hydroxylation is 2.